The molecule has 2 rings (SSSR count). The average Bonchev–Trinajstić information content (AvgIpc) is 2.61. The summed E-state index contributed by atoms with van der Waals surface area (Å²) in [6, 6.07) is 14.4. The van der Waals surface area contributed by atoms with Gasteiger partial charge in [0.2, 0.25) is 5.91 Å². The van der Waals surface area contributed by atoms with Gasteiger partial charge >= 0.3 is 5.97 Å². The fraction of sp³-hybridized carbons (Fsp3) is 0.263. The third-order valence-electron chi connectivity index (χ3n) is 3.51. The highest BCUT2D eigenvalue weighted by molar-refractivity contribution is 5.90. The van der Waals surface area contributed by atoms with Crippen LogP contribution in [0.2, 0.25) is 0 Å². The van der Waals surface area contributed by atoms with Gasteiger partial charge < -0.3 is 19.9 Å². The minimum atomic E-state index is -1.05. The third kappa shape index (κ3) is 6.55. The maximum atomic E-state index is 12.0. The third-order valence-corrected chi connectivity index (χ3v) is 3.51. The number of aliphatic carboxylic acids is 1. The van der Waals surface area contributed by atoms with Crippen molar-refractivity contribution in [1.82, 2.24) is 0 Å². The van der Waals surface area contributed by atoms with Crippen LogP contribution in [0.4, 0.5) is 5.69 Å². The summed E-state index contributed by atoms with van der Waals surface area (Å²) in [6.45, 7) is -0.417. The first-order valence-electron chi connectivity index (χ1n) is 7.94. The number of hydrogen-bond donors (Lipinski definition) is 2. The number of rotatable bonds is 9. The molecule has 0 atom stereocenters. The van der Waals surface area contributed by atoms with Crippen molar-refractivity contribution in [2.75, 3.05) is 19.0 Å². The lowest BCUT2D eigenvalue weighted by Gasteiger charge is -2.08. The van der Waals surface area contributed by atoms with E-state index in [1.165, 1.54) is 0 Å². The Bertz CT molecular complexity index is 712. The van der Waals surface area contributed by atoms with Crippen molar-refractivity contribution in [3.63, 3.8) is 0 Å². The second kappa shape index (κ2) is 9.32. The standard InChI is InChI=1S/C19H21NO5/c1-24-16-10-8-14(9-11-16)4-2-7-18(21)20-15-5-3-6-17(12-15)25-13-19(22)23/h3,5-6,8-12H,2,4,7,13H2,1H3,(H,20,21)(H,22,23). The van der Waals surface area contributed by atoms with E-state index in [2.05, 4.69) is 5.32 Å². The number of carboxylic acids is 1. The second-order valence-corrected chi connectivity index (χ2v) is 5.46. The van der Waals surface area contributed by atoms with Crippen LogP contribution in [0.3, 0.4) is 0 Å². The van der Waals surface area contributed by atoms with E-state index in [9.17, 15) is 9.59 Å². The Balaban J connectivity index is 1.77. The summed E-state index contributed by atoms with van der Waals surface area (Å²) in [5.74, 6) is 0.0711. The molecule has 0 radical (unpaired) electrons. The Labute approximate surface area is 146 Å². The molecule has 0 aliphatic rings. The van der Waals surface area contributed by atoms with E-state index in [-0.39, 0.29) is 5.91 Å². The monoisotopic (exact) mass is 343 g/mol. The Morgan fingerprint density at radius 1 is 1.08 bits per heavy atom. The van der Waals surface area contributed by atoms with E-state index in [1.807, 2.05) is 24.3 Å². The fourth-order valence-corrected chi connectivity index (χ4v) is 2.28. The summed E-state index contributed by atoms with van der Waals surface area (Å²) >= 11 is 0. The van der Waals surface area contributed by atoms with Crippen LogP contribution in [0.15, 0.2) is 48.5 Å². The molecule has 0 fully saturated rings. The Morgan fingerprint density at radius 3 is 2.52 bits per heavy atom. The van der Waals surface area contributed by atoms with Crippen molar-refractivity contribution in [3.8, 4) is 11.5 Å². The summed E-state index contributed by atoms with van der Waals surface area (Å²) < 4.78 is 10.2. The van der Waals surface area contributed by atoms with Gasteiger partial charge in [0.1, 0.15) is 11.5 Å². The van der Waals surface area contributed by atoms with Gasteiger partial charge in [-0.1, -0.05) is 18.2 Å². The lowest BCUT2D eigenvalue weighted by Crippen LogP contribution is -2.12. The number of nitrogens with one attached hydrogen (secondary N) is 1. The van der Waals surface area contributed by atoms with Gasteiger partial charge in [0.25, 0.3) is 0 Å². The Morgan fingerprint density at radius 2 is 1.84 bits per heavy atom. The van der Waals surface area contributed by atoms with Crippen LogP contribution in [0.5, 0.6) is 11.5 Å². The van der Waals surface area contributed by atoms with E-state index in [0.29, 0.717) is 17.9 Å². The number of anilines is 1. The number of carbonyl (C=O) groups is 2. The molecule has 0 bridgehead atoms. The van der Waals surface area contributed by atoms with Crippen LogP contribution in [0.25, 0.3) is 0 Å². The van der Waals surface area contributed by atoms with Crippen molar-refractivity contribution in [3.05, 3.63) is 54.1 Å². The van der Waals surface area contributed by atoms with E-state index < -0.39 is 12.6 Å². The number of hydrogen-bond acceptors (Lipinski definition) is 4. The number of methoxy groups -OCH3 is 1. The molecule has 6 heteroatoms. The van der Waals surface area contributed by atoms with Crippen LogP contribution < -0.4 is 14.8 Å². The Kier molecular flexibility index (Phi) is 6.83. The average molecular weight is 343 g/mol. The maximum Gasteiger partial charge on any atom is 0.341 e. The summed E-state index contributed by atoms with van der Waals surface area (Å²) in [6.07, 6.45) is 1.93. The molecule has 0 unspecified atom stereocenters. The first kappa shape index (κ1) is 18.3. The number of carboxylic acid groups (broad SMARTS) is 1. The van der Waals surface area contributed by atoms with Gasteiger partial charge in [-0.05, 0) is 42.7 Å². The van der Waals surface area contributed by atoms with Gasteiger partial charge in [0.05, 0.1) is 7.11 Å². The fourth-order valence-electron chi connectivity index (χ4n) is 2.28. The zero-order valence-electron chi connectivity index (χ0n) is 14.0. The van der Waals surface area contributed by atoms with Crippen LogP contribution in [-0.2, 0) is 16.0 Å². The first-order chi connectivity index (χ1) is 12.1. The van der Waals surface area contributed by atoms with E-state index in [0.717, 1.165) is 24.2 Å². The highest BCUT2D eigenvalue weighted by Crippen LogP contribution is 2.18. The molecule has 0 saturated carbocycles. The molecule has 6 nitrogen and oxygen atoms in total. The number of amides is 1. The van der Waals surface area contributed by atoms with Crippen LogP contribution >= 0.6 is 0 Å². The van der Waals surface area contributed by atoms with Gasteiger partial charge in [-0.3, -0.25) is 4.79 Å². The van der Waals surface area contributed by atoms with Crippen LogP contribution in [0, 0.1) is 0 Å². The molecule has 0 heterocycles. The molecular weight excluding hydrogens is 322 g/mol. The minimum absolute atomic E-state index is 0.0936. The van der Waals surface area contributed by atoms with Gasteiger partial charge in [0.15, 0.2) is 6.61 Å². The molecule has 1 amide bonds. The quantitative estimate of drug-likeness (QED) is 0.731. The number of ether oxygens (including phenoxy) is 2. The lowest BCUT2D eigenvalue weighted by atomic mass is 10.1. The van der Waals surface area contributed by atoms with Crippen LogP contribution in [0.1, 0.15) is 18.4 Å². The molecule has 0 saturated heterocycles. The van der Waals surface area contributed by atoms with E-state index in [1.54, 1.807) is 31.4 Å². The zero-order chi connectivity index (χ0) is 18.1. The Hall–Kier alpha value is -3.02. The molecule has 0 spiro atoms. The molecule has 2 aromatic rings. The van der Waals surface area contributed by atoms with Gasteiger partial charge in [-0.15, -0.1) is 0 Å². The van der Waals surface area contributed by atoms with Gasteiger partial charge in [0, 0.05) is 18.2 Å². The summed E-state index contributed by atoms with van der Waals surface area (Å²) in [7, 11) is 1.63. The van der Waals surface area contributed by atoms with Crippen molar-refractivity contribution in [2.24, 2.45) is 0 Å². The number of benzene rings is 2. The molecule has 0 aliphatic carbocycles. The number of aryl methyl sites for hydroxylation is 1. The van der Waals surface area contributed by atoms with Crippen molar-refractivity contribution in [1.29, 1.82) is 0 Å². The smallest absolute Gasteiger partial charge is 0.341 e. The van der Waals surface area contributed by atoms with E-state index in [4.69, 9.17) is 14.6 Å². The zero-order valence-corrected chi connectivity index (χ0v) is 14.0. The molecule has 0 aromatic heterocycles. The van der Waals surface area contributed by atoms with Crippen molar-refractivity contribution >= 4 is 17.6 Å². The second-order valence-electron chi connectivity index (χ2n) is 5.46. The first-order valence-corrected chi connectivity index (χ1v) is 7.94. The number of carbonyl (C=O) groups excluding carboxylic acids is 1. The lowest BCUT2D eigenvalue weighted by molar-refractivity contribution is -0.139. The van der Waals surface area contributed by atoms with E-state index >= 15 is 0 Å². The minimum Gasteiger partial charge on any atom is -0.497 e. The molecule has 2 aromatic carbocycles. The molecular formula is C19H21NO5. The van der Waals surface area contributed by atoms with Crippen LogP contribution in [-0.4, -0.2) is 30.7 Å². The summed E-state index contributed by atoms with van der Waals surface area (Å²) in [5.41, 5.74) is 1.73. The highest BCUT2D eigenvalue weighted by atomic mass is 16.5. The normalized spacial score (nSPS) is 10.1. The summed E-state index contributed by atoms with van der Waals surface area (Å²) in [5, 5.41) is 11.4. The van der Waals surface area contributed by atoms with Gasteiger partial charge in [-0.2, -0.15) is 0 Å². The maximum absolute atomic E-state index is 12.0. The molecule has 132 valence electrons. The topological polar surface area (TPSA) is 84.9 Å². The largest absolute Gasteiger partial charge is 0.497 e. The molecule has 0 aliphatic heterocycles. The highest BCUT2D eigenvalue weighted by Gasteiger charge is 2.05. The SMILES string of the molecule is COc1ccc(CCCC(=O)Nc2cccc(OCC(=O)O)c2)cc1. The predicted octanol–water partition coefficient (Wildman–Crippen LogP) is 3.12. The van der Waals surface area contributed by atoms with Crippen molar-refractivity contribution in [2.45, 2.75) is 19.3 Å². The molecule has 2 N–H and O–H groups in total. The molecule has 25 heavy (non-hydrogen) atoms. The predicted molar refractivity (Wildman–Crippen MR) is 94.1 cm³/mol. The summed E-state index contributed by atoms with van der Waals surface area (Å²) in [4.78, 5) is 22.5. The van der Waals surface area contributed by atoms with Crippen molar-refractivity contribution < 1.29 is 24.2 Å². The van der Waals surface area contributed by atoms with Gasteiger partial charge in [-0.25, -0.2) is 4.79 Å².